The molecule has 0 aliphatic carbocycles. The molecule has 0 spiro atoms. The number of hydrogen-bond donors (Lipinski definition) is 2. The largest absolute Gasteiger partial charge is 0.468 e. The Morgan fingerprint density at radius 2 is 1.79 bits per heavy atom. The Balaban J connectivity index is 1.98. The van der Waals surface area contributed by atoms with Crippen LogP contribution in [0.1, 0.15) is 11.5 Å². The summed E-state index contributed by atoms with van der Waals surface area (Å²) < 4.78 is 32.7. The van der Waals surface area contributed by atoms with E-state index in [1.165, 1.54) is 49.4 Å². The lowest BCUT2D eigenvalue weighted by atomic mass is 10.0. The van der Waals surface area contributed by atoms with Gasteiger partial charge in [0, 0.05) is 35.0 Å². The minimum atomic E-state index is -3.98. The number of methoxy groups -OCH3 is 1. The second kappa shape index (κ2) is 8.10. The highest BCUT2D eigenvalue weighted by atomic mass is 35.5. The third-order valence-corrected chi connectivity index (χ3v) is 6.20. The number of rotatable bonds is 4. The van der Waals surface area contributed by atoms with Gasteiger partial charge >= 0.3 is 12.0 Å². The molecule has 154 valence electrons. The van der Waals surface area contributed by atoms with Crippen LogP contribution in [0.25, 0.3) is 0 Å². The van der Waals surface area contributed by atoms with E-state index in [0.29, 0.717) is 11.3 Å². The molecule has 2 amide bonds. The van der Waals surface area contributed by atoms with Crippen molar-refractivity contribution in [2.24, 2.45) is 0 Å². The van der Waals surface area contributed by atoms with Gasteiger partial charge in [0.1, 0.15) is 5.92 Å². The van der Waals surface area contributed by atoms with Crippen LogP contribution in [0.5, 0.6) is 0 Å². The molecule has 2 aromatic carbocycles. The molecule has 11 heteroatoms. The number of hydrogen-bond acceptors (Lipinski definition) is 5. The summed E-state index contributed by atoms with van der Waals surface area (Å²) in [5, 5.41) is 2.87. The third kappa shape index (κ3) is 4.26. The van der Waals surface area contributed by atoms with Crippen molar-refractivity contribution < 1.29 is 22.7 Å². The zero-order valence-corrected chi connectivity index (χ0v) is 17.7. The van der Waals surface area contributed by atoms with E-state index in [1.54, 1.807) is 6.07 Å². The fourth-order valence-electron chi connectivity index (χ4n) is 3.09. The number of benzene rings is 2. The molecule has 29 heavy (non-hydrogen) atoms. The highest BCUT2D eigenvalue weighted by Crippen LogP contribution is 2.39. The number of urea groups is 1. The van der Waals surface area contributed by atoms with Crippen LogP contribution < -0.4 is 14.9 Å². The molecule has 1 heterocycles. The van der Waals surface area contributed by atoms with E-state index in [9.17, 15) is 18.0 Å². The quantitative estimate of drug-likeness (QED) is 0.685. The molecule has 0 fully saturated rings. The highest BCUT2D eigenvalue weighted by Gasteiger charge is 2.37. The zero-order chi connectivity index (χ0) is 21.3. The van der Waals surface area contributed by atoms with Gasteiger partial charge in [-0.15, -0.1) is 0 Å². The molecular weight excluding hydrogens is 441 g/mol. The zero-order valence-electron chi connectivity index (χ0n) is 15.4. The molecule has 1 aliphatic heterocycles. The molecule has 1 aliphatic rings. The lowest BCUT2D eigenvalue weighted by molar-refractivity contribution is -0.141. The van der Waals surface area contributed by atoms with Crippen molar-refractivity contribution in [1.82, 2.24) is 5.32 Å². The molecule has 0 saturated carbocycles. The molecule has 1 atom stereocenters. The van der Waals surface area contributed by atoms with Crippen LogP contribution >= 0.6 is 23.2 Å². The number of halogens is 2. The van der Waals surface area contributed by atoms with E-state index >= 15 is 0 Å². The smallest absolute Gasteiger partial charge is 0.321 e. The summed E-state index contributed by atoms with van der Waals surface area (Å²) >= 11 is 11.8. The molecule has 8 nitrogen and oxygen atoms in total. The first-order valence-corrected chi connectivity index (χ1v) is 10.6. The Bertz CT molecular complexity index is 1070. The van der Waals surface area contributed by atoms with Crippen LogP contribution in [-0.4, -0.2) is 41.1 Å². The van der Waals surface area contributed by atoms with Crippen molar-refractivity contribution in [3.8, 4) is 0 Å². The Labute approximate surface area is 177 Å². The van der Waals surface area contributed by atoms with Crippen molar-refractivity contribution >= 4 is 56.6 Å². The van der Waals surface area contributed by atoms with Crippen LogP contribution in [0, 0.1) is 0 Å². The lowest BCUT2D eigenvalue weighted by Crippen LogP contribution is -2.38. The van der Waals surface area contributed by atoms with E-state index in [0.717, 1.165) is 0 Å². The van der Waals surface area contributed by atoms with Crippen LogP contribution in [0.4, 0.5) is 16.2 Å². The predicted octanol–water partition coefficient (Wildman–Crippen LogP) is 3.21. The average molecular weight is 458 g/mol. The van der Waals surface area contributed by atoms with Crippen molar-refractivity contribution in [3.63, 3.8) is 0 Å². The second-order valence-electron chi connectivity index (χ2n) is 6.23. The topological polar surface area (TPSA) is 105 Å². The molecule has 2 N–H and O–H groups in total. The molecular formula is C18H17Cl2N3O5S. The van der Waals surface area contributed by atoms with Crippen LogP contribution in [-0.2, 0) is 19.6 Å². The van der Waals surface area contributed by atoms with Crippen molar-refractivity contribution in [3.05, 3.63) is 52.0 Å². The van der Waals surface area contributed by atoms with Gasteiger partial charge in [-0.1, -0.05) is 23.2 Å². The first-order valence-electron chi connectivity index (χ1n) is 8.36. The Hall–Kier alpha value is -2.49. The third-order valence-electron chi connectivity index (χ3n) is 4.40. The number of anilines is 2. The van der Waals surface area contributed by atoms with Gasteiger partial charge in [-0.3, -0.25) is 14.4 Å². The minimum absolute atomic E-state index is 0.0851. The molecule has 2 aromatic rings. The van der Waals surface area contributed by atoms with Crippen molar-refractivity contribution in [2.45, 2.75) is 10.8 Å². The fraction of sp³-hybridized carbons (Fsp3) is 0.222. The Kier molecular flexibility index (Phi) is 5.92. The van der Waals surface area contributed by atoms with E-state index < -0.39 is 21.9 Å². The number of amides is 2. The number of fused-ring (bicyclic) bond motifs is 1. The number of carbonyl (C=O) groups excluding carboxylic acids is 2. The first kappa shape index (κ1) is 21.2. The summed E-state index contributed by atoms with van der Waals surface area (Å²) in [6.07, 6.45) is 0. The molecule has 1 unspecified atom stereocenters. The monoisotopic (exact) mass is 457 g/mol. The van der Waals surface area contributed by atoms with E-state index in [2.05, 4.69) is 10.0 Å². The number of esters is 1. The van der Waals surface area contributed by atoms with Crippen molar-refractivity contribution in [2.75, 3.05) is 30.3 Å². The summed E-state index contributed by atoms with van der Waals surface area (Å²) in [7, 11) is -1.25. The standard InChI is InChI=1S/C18H17Cl2N3O5S/c1-21-18(25)23-9-15(17(24)28-2)14-8-12(3-4-16(14)23)22-29(26,27)13-6-10(19)5-11(20)7-13/h3-8,15,22H,9H2,1-2H3,(H,21,25). The van der Waals surface area contributed by atoms with Gasteiger partial charge in [-0.2, -0.15) is 0 Å². The summed E-state index contributed by atoms with van der Waals surface area (Å²) in [6, 6.07) is 8.14. The summed E-state index contributed by atoms with van der Waals surface area (Å²) in [5.74, 6) is -1.27. The van der Waals surface area contributed by atoms with Gasteiger partial charge in [0.05, 0.1) is 12.0 Å². The summed E-state index contributed by atoms with van der Waals surface area (Å²) in [5.41, 5.74) is 1.19. The van der Waals surface area contributed by atoms with E-state index in [1.807, 2.05) is 0 Å². The SMILES string of the molecule is CNC(=O)N1CC(C(=O)OC)c2cc(NS(=O)(=O)c3cc(Cl)cc(Cl)c3)ccc21. The number of ether oxygens (including phenoxy) is 1. The number of nitrogens with one attached hydrogen (secondary N) is 2. The van der Waals surface area contributed by atoms with Gasteiger partial charge in [0.15, 0.2) is 0 Å². The number of carbonyl (C=O) groups is 2. The highest BCUT2D eigenvalue weighted by molar-refractivity contribution is 7.92. The van der Waals surface area contributed by atoms with E-state index in [4.69, 9.17) is 27.9 Å². The van der Waals surface area contributed by atoms with Crippen LogP contribution in [0.3, 0.4) is 0 Å². The summed E-state index contributed by atoms with van der Waals surface area (Å²) in [4.78, 5) is 25.6. The first-order chi connectivity index (χ1) is 13.7. The summed E-state index contributed by atoms with van der Waals surface area (Å²) in [6.45, 7) is 0.0851. The van der Waals surface area contributed by atoms with Gasteiger partial charge in [0.25, 0.3) is 10.0 Å². The maximum atomic E-state index is 12.7. The number of sulfonamides is 1. The van der Waals surface area contributed by atoms with E-state index in [-0.39, 0.29) is 33.2 Å². The Morgan fingerprint density at radius 1 is 1.14 bits per heavy atom. The van der Waals surface area contributed by atoms with Crippen molar-refractivity contribution in [1.29, 1.82) is 0 Å². The molecule has 0 saturated heterocycles. The maximum absolute atomic E-state index is 12.7. The normalized spacial score (nSPS) is 15.6. The van der Waals surface area contributed by atoms with Gasteiger partial charge in [0.2, 0.25) is 0 Å². The molecule has 3 rings (SSSR count). The molecule has 0 radical (unpaired) electrons. The average Bonchev–Trinajstić information content (AvgIpc) is 3.04. The maximum Gasteiger partial charge on any atom is 0.321 e. The van der Waals surface area contributed by atoms with Gasteiger partial charge < -0.3 is 10.1 Å². The second-order valence-corrected chi connectivity index (χ2v) is 8.78. The number of nitrogens with zero attached hydrogens (tertiary/aromatic N) is 1. The predicted molar refractivity (Wildman–Crippen MR) is 110 cm³/mol. The van der Waals surface area contributed by atoms with Gasteiger partial charge in [-0.25, -0.2) is 13.2 Å². The molecule has 0 bridgehead atoms. The Morgan fingerprint density at radius 3 is 2.38 bits per heavy atom. The van der Waals surface area contributed by atoms with Crippen LogP contribution in [0.15, 0.2) is 41.3 Å². The van der Waals surface area contributed by atoms with Gasteiger partial charge in [-0.05, 0) is 42.0 Å². The lowest BCUT2D eigenvalue weighted by Gasteiger charge is -2.17. The minimum Gasteiger partial charge on any atom is -0.468 e. The fourth-order valence-corrected chi connectivity index (χ4v) is 4.87. The molecule has 0 aromatic heterocycles. The van der Waals surface area contributed by atoms with Crippen LogP contribution in [0.2, 0.25) is 10.0 Å².